The van der Waals surface area contributed by atoms with E-state index in [-0.39, 0.29) is 11.6 Å². The SMILES string of the molecule is CCC(C)n1c(=O)c(NCc2ccc(SC)cc2)nc2c(C)nc(-c3c(C)ncnc3C3CC3)nc21. The Balaban J connectivity index is 1.62. The summed E-state index contributed by atoms with van der Waals surface area (Å²) in [5.41, 5.74) is 5.54. The van der Waals surface area contributed by atoms with Crippen LogP contribution < -0.4 is 10.9 Å². The summed E-state index contributed by atoms with van der Waals surface area (Å²) in [6.45, 7) is 8.50. The van der Waals surface area contributed by atoms with Crippen LogP contribution in [0.2, 0.25) is 0 Å². The van der Waals surface area contributed by atoms with Gasteiger partial charge in [-0.15, -0.1) is 11.8 Å². The Kier molecular flexibility index (Phi) is 6.75. The molecule has 5 rings (SSSR count). The van der Waals surface area contributed by atoms with E-state index in [0.29, 0.717) is 35.3 Å². The molecule has 0 saturated heterocycles. The van der Waals surface area contributed by atoms with Gasteiger partial charge in [-0.2, -0.15) is 0 Å². The second kappa shape index (κ2) is 9.97. The Bertz CT molecular complexity index is 1480. The van der Waals surface area contributed by atoms with Crippen molar-refractivity contribution in [3.63, 3.8) is 0 Å². The second-order valence-electron chi connectivity index (χ2n) is 9.39. The zero-order chi connectivity index (χ0) is 25.4. The molecular formula is C27H31N7OS. The van der Waals surface area contributed by atoms with E-state index in [4.69, 9.17) is 15.0 Å². The fraction of sp³-hybridized carbons (Fsp3) is 0.407. The van der Waals surface area contributed by atoms with E-state index < -0.39 is 0 Å². The van der Waals surface area contributed by atoms with E-state index in [1.165, 1.54) is 4.90 Å². The van der Waals surface area contributed by atoms with E-state index in [2.05, 4.69) is 52.7 Å². The molecule has 9 heteroatoms. The number of anilines is 1. The first kappa shape index (κ1) is 24.4. The molecule has 1 unspecified atom stereocenters. The summed E-state index contributed by atoms with van der Waals surface area (Å²) in [5.74, 6) is 1.30. The maximum absolute atomic E-state index is 13.7. The number of aromatic nitrogens is 6. The zero-order valence-electron chi connectivity index (χ0n) is 21.4. The van der Waals surface area contributed by atoms with Crippen LogP contribution in [0.25, 0.3) is 22.6 Å². The number of nitrogens with one attached hydrogen (secondary N) is 1. The van der Waals surface area contributed by atoms with E-state index in [1.807, 2.05) is 20.8 Å². The van der Waals surface area contributed by atoms with E-state index >= 15 is 0 Å². The summed E-state index contributed by atoms with van der Waals surface area (Å²) >= 11 is 1.70. The van der Waals surface area contributed by atoms with Crippen molar-refractivity contribution in [3.8, 4) is 11.4 Å². The lowest BCUT2D eigenvalue weighted by molar-refractivity contribution is 0.526. The molecule has 1 aliphatic rings. The topological polar surface area (TPSA) is 98.5 Å². The molecule has 3 heterocycles. The quantitative estimate of drug-likeness (QED) is 0.319. The van der Waals surface area contributed by atoms with Crippen LogP contribution in [-0.4, -0.2) is 35.7 Å². The number of hydrogen-bond donors (Lipinski definition) is 1. The molecule has 1 saturated carbocycles. The summed E-state index contributed by atoms with van der Waals surface area (Å²) < 4.78 is 1.76. The molecule has 1 atom stereocenters. The highest BCUT2D eigenvalue weighted by molar-refractivity contribution is 7.98. The number of hydrogen-bond acceptors (Lipinski definition) is 8. The number of benzene rings is 1. The van der Waals surface area contributed by atoms with Gasteiger partial charge in [0.1, 0.15) is 11.8 Å². The minimum Gasteiger partial charge on any atom is -0.361 e. The van der Waals surface area contributed by atoms with Crippen LogP contribution in [0.3, 0.4) is 0 Å². The first-order chi connectivity index (χ1) is 17.4. The molecule has 1 N–H and O–H groups in total. The molecule has 186 valence electrons. The molecule has 3 aromatic heterocycles. The third kappa shape index (κ3) is 4.59. The van der Waals surface area contributed by atoms with Crippen molar-refractivity contribution in [2.75, 3.05) is 11.6 Å². The van der Waals surface area contributed by atoms with Crippen molar-refractivity contribution in [1.29, 1.82) is 0 Å². The molecule has 0 bridgehead atoms. The van der Waals surface area contributed by atoms with Gasteiger partial charge in [0.25, 0.3) is 5.56 Å². The smallest absolute Gasteiger partial charge is 0.295 e. The molecule has 0 spiro atoms. The maximum Gasteiger partial charge on any atom is 0.295 e. The first-order valence-corrected chi connectivity index (χ1v) is 13.6. The minimum absolute atomic E-state index is 0.0532. The highest BCUT2D eigenvalue weighted by Crippen LogP contribution is 2.43. The number of fused-ring (bicyclic) bond motifs is 1. The van der Waals surface area contributed by atoms with Gasteiger partial charge in [0, 0.05) is 23.4 Å². The fourth-order valence-corrected chi connectivity index (χ4v) is 4.81. The molecule has 36 heavy (non-hydrogen) atoms. The van der Waals surface area contributed by atoms with Crippen molar-refractivity contribution in [2.45, 2.75) is 70.4 Å². The monoisotopic (exact) mass is 501 g/mol. The van der Waals surface area contributed by atoms with E-state index in [1.54, 1.807) is 22.7 Å². The van der Waals surface area contributed by atoms with Gasteiger partial charge in [-0.3, -0.25) is 9.36 Å². The molecule has 1 fully saturated rings. The van der Waals surface area contributed by atoms with Crippen LogP contribution in [0.1, 0.15) is 67.7 Å². The van der Waals surface area contributed by atoms with E-state index in [0.717, 1.165) is 47.5 Å². The number of nitrogens with zero attached hydrogens (tertiary/aromatic N) is 6. The first-order valence-electron chi connectivity index (χ1n) is 12.4. The largest absolute Gasteiger partial charge is 0.361 e. The molecule has 1 aromatic carbocycles. The van der Waals surface area contributed by atoms with Crippen LogP contribution in [-0.2, 0) is 6.54 Å². The standard InChI is InChI=1S/C27H31N7OS/c1-6-15(2)34-26-22(32-25(27(34)35)28-13-18-7-11-20(36-5)12-8-18)17(4)31-24(33-26)21-16(3)29-14-30-23(21)19-9-10-19/h7-8,11-12,14-15,19H,6,9-10,13H2,1-5H3,(H,28,32). The highest BCUT2D eigenvalue weighted by Gasteiger charge is 2.30. The summed E-state index contributed by atoms with van der Waals surface area (Å²) in [4.78, 5) is 38.3. The highest BCUT2D eigenvalue weighted by atomic mass is 32.2. The molecule has 4 aromatic rings. The maximum atomic E-state index is 13.7. The molecular weight excluding hydrogens is 470 g/mol. The molecule has 0 amide bonds. The van der Waals surface area contributed by atoms with Crippen molar-refractivity contribution < 1.29 is 0 Å². The van der Waals surface area contributed by atoms with Gasteiger partial charge in [0.2, 0.25) is 0 Å². The second-order valence-corrected chi connectivity index (χ2v) is 10.3. The van der Waals surface area contributed by atoms with Crippen LogP contribution in [0.5, 0.6) is 0 Å². The predicted octanol–water partition coefficient (Wildman–Crippen LogP) is 5.44. The predicted molar refractivity (Wildman–Crippen MR) is 145 cm³/mol. The Morgan fingerprint density at radius 1 is 1.08 bits per heavy atom. The van der Waals surface area contributed by atoms with Gasteiger partial charge in [0.15, 0.2) is 17.3 Å². The van der Waals surface area contributed by atoms with Gasteiger partial charge in [-0.05, 0) is 64.0 Å². The average Bonchev–Trinajstić information content (AvgIpc) is 3.73. The lowest BCUT2D eigenvalue weighted by Gasteiger charge is -2.19. The van der Waals surface area contributed by atoms with Gasteiger partial charge in [-0.1, -0.05) is 19.1 Å². The van der Waals surface area contributed by atoms with E-state index in [9.17, 15) is 4.79 Å². The molecule has 8 nitrogen and oxygen atoms in total. The lowest BCUT2D eigenvalue weighted by atomic mass is 10.1. The summed E-state index contributed by atoms with van der Waals surface area (Å²) in [5, 5.41) is 3.27. The lowest BCUT2D eigenvalue weighted by Crippen LogP contribution is -2.28. The molecule has 0 aliphatic heterocycles. The van der Waals surface area contributed by atoms with Crippen LogP contribution >= 0.6 is 11.8 Å². The van der Waals surface area contributed by atoms with Crippen LogP contribution in [0, 0.1) is 13.8 Å². The summed E-state index contributed by atoms with van der Waals surface area (Å²) in [6, 6.07) is 8.24. The van der Waals surface area contributed by atoms with Gasteiger partial charge in [-0.25, -0.2) is 24.9 Å². The molecule has 1 aliphatic carbocycles. The number of rotatable bonds is 8. The van der Waals surface area contributed by atoms with Crippen LogP contribution in [0.4, 0.5) is 5.82 Å². The van der Waals surface area contributed by atoms with Crippen molar-refractivity contribution >= 4 is 28.7 Å². The van der Waals surface area contributed by atoms with Crippen LogP contribution in [0.15, 0.2) is 40.3 Å². The Hall–Kier alpha value is -3.33. The van der Waals surface area contributed by atoms with Crippen molar-refractivity contribution in [3.05, 3.63) is 63.6 Å². The summed E-state index contributed by atoms with van der Waals surface area (Å²) in [7, 11) is 0. The van der Waals surface area contributed by atoms with Crippen molar-refractivity contribution in [1.82, 2.24) is 29.5 Å². The number of thioether (sulfide) groups is 1. The van der Waals surface area contributed by atoms with Gasteiger partial charge in [0.05, 0.1) is 22.6 Å². The Morgan fingerprint density at radius 3 is 2.50 bits per heavy atom. The molecule has 0 radical (unpaired) electrons. The normalized spacial score (nSPS) is 14.2. The van der Waals surface area contributed by atoms with Crippen molar-refractivity contribution in [2.24, 2.45) is 0 Å². The van der Waals surface area contributed by atoms with Gasteiger partial charge < -0.3 is 5.32 Å². The fourth-order valence-electron chi connectivity index (χ4n) is 4.40. The number of aryl methyl sites for hydroxylation is 2. The summed E-state index contributed by atoms with van der Waals surface area (Å²) in [6.07, 6.45) is 6.68. The minimum atomic E-state index is -0.176. The Labute approximate surface area is 215 Å². The average molecular weight is 502 g/mol. The third-order valence-corrected chi connectivity index (χ3v) is 7.56. The Morgan fingerprint density at radius 2 is 1.83 bits per heavy atom. The zero-order valence-corrected chi connectivity index (χ0v) is 22.2. The van der Waals surface area contributed by atoms with Gasteiger partial charge >= 0.3 is 0 Å². The third-order valence-electron chi connectivity index (χ3n) is 6.82.